The fourth-order valence-corrected chi connectivity index (χ4v) is 5.91. The lowest BCUT2D eigenvalue weighted by Crippen LogP contribution is -2.65. The summed E-state index contributed by atoms with van der Waals surface area (Å²) in [5.74, 6) is 2.26. The van der Waals surface area contributed by atoms with Crippen molar-refractivity contribution in [1.82, 2.24) is 4.90 Å². The zero-order valence-corrected chi connectivity index (χ0v) is 14.1. The van der Waals surface area contributed by atoms with Crippen molar-refractivity contribution in [3.63, 3.8) is 0 Å². The molecular formula is C18H29NO2. The molecule has 1 amide bonds. The Morgan fingerprint density at radius 3 is 2.57 bits per heavy atom. The average Bonchev–Trinajstić information content (AvgIpc) is 2.58. The number of fused-ring (bicyclic) bond motifs is 4. The smallest absolute Gasteiger partial charge is 0.228 e. The molecular weight excluding hydrogens is 262 g/mol. The van der Waals surface area contributed by atoms with Crippen LogP contribution in [0.4, 0.5) is 0 Å². The van der Waals surface area contributed by atoms with Crippen molar-refractivity contribution in [3.05, 3.63) is 0 Å². The summed E-state index contributed by atoms with van der Waals surface area (Å²) in [7, 11) is 0. The third-order valence-electron chi connectivity index (χ3n) is 7.09. The predicted octanol–water partition coefficient (Wildman–Crippen LogP) is 3.43. The Hall–Kier alpha value is -0.570. The molecule has 0 spiro atoms. The minimum atomic E-state index is -0.0434. The topological polar surface area (TPSA) is 29.5 Å². The van der Waals surface area contributed by atoms with E-state index in [2.05, 4.69) is 39.5 Å². The van der Waals surface area contributed by atoms with Crippen molar-refractivity contribution in [2.45, 2.75) is 78.2 Å². The van der Waals surface area contributed by atoms with Crippen LogP contribution < -0.4 is 0 Å². The van der Waals surface area contributed by atoms with Gasteiger partial charge in [0, 0.05) is 23.3 Å². The number of nitrogens with zero attached hydrogens (tertiary/aromatic N) is 1. The highest BCUT2D eigenvalue weighted by atomic mass is 16.5. The molecule has 0 N–H and O–H groups in total. The lowest BCUT2D eigenvalue weighted by molar-refractivity contribution is -0.241. The third kappa shape index (κ3) is 1.67. The molecule has 0 aromatic carbocycles. The number of ether oxygens (including phenoxy) is 1. The standard InChI is InChI=1S/C18H29NO2/c1-10-6-7-12-13(8-10)21-16-14-11(9-17(14,2)3)15(20)19(16)18(12,4)5/h10-14,16H,6-9H2,1-5H3/t10-,11+,12-,13-,14-,16+/m1/s1. The van der Waals surface area contributed by atoms with Gasteiger partial charge in [-0.15, -0.1) is 0 Å². The van der Waals surface area contributed by atoms with Crippen LogP contribution in [0.2, 0.25) is 0 Å². The van der Waals surface area contributed by atoms with E-state index in [4.69, 9.17) is 4.74 Å². The van der Waals surface area contributed by atoms with Gasteiger partial charge in [0.2, 0.25) is 5.91 Å². The minimum absolute atomic E-state index is 0.0350. The van der Waals surface area contributed by atoms with Gasteiger partial charge >= 0.3 is 0 Å². The Morgan fingerprint density at radius 2 is 1.90 bits per heavy atom. The first-order valence-electron chi connectivity index (χ1n) is 8.72. The van der Waals surface area contributed by atoms with Crippen molar-refractivity contribution in [2.75, 3.05) is 0 Å². The van der Waals surface area contributed by atoms with E-state index >= 15 is 0 Å². The van der Waals surface area contributed by atoms with E-state index in [9.17, 15) is 4.79 Å². The SMILES string of the molecule is C[C@@H]1CC[C@@H]2[C@@H](C1)O[C@H]1[C@H]3[C@H](CC3(C)C)C(=O)N1C2(C)C. The Labute approximate surface area is 128 Å². The fourth-order valence-electron chi connectivity index (χ4n) is 5.91. The Balaban J connectivity index is 1.71. The van der Waals surface area contributed by atoms with E-state index in [0.717, 1.165) is 12.3 Å². The van der Waals surface area contributed by atoms with Gasteiger partial charge in [-0.2, -0.15) is 0 Å². The number of hydrogen-bond acceptors (Lipinski definition) is 2. The summed E-state index contributed by atoms with van der Waals surface area (Å²) in [6.45, 7) is 11.5. The zero-order chi connectivity index (χ0) is 15.2. The molecule has 0 aromatic heterocycles. The lowest BCUT2D eigenvalue weighted by atomic mass is 9.56. The van der Waals surface area contributed by atoms with Crippen molar-refractivity contribution in [1.29, 1.82) is 0 Å². The van der Waals surface area contributed by atoms with Gasteiger partial charge in [0.15, 0.2) is 0 Å². The Bertz CT molecular complexity index is 484. The highest BCUT2D eigenvalue weighted by molar-refractivity contribution is 5.84. The summed E-state index contributed by atoms with van der Waals surface area (Å²) in [4.78, 5) is 15.0. The van der Waals surface area contributed by atoms with Gasteiger partial charge in [-0.05, 0) is 44.4 Å². The number of amides is 1. The van der Waals surface area contributed by atoms with Crippen LogP contribution in [0.3, 0.4) is 0 Å². The van der Waals surface area contributed by atoms with Crippen LogP contribution in [-0.4, -0.2) is 28.7 Å². The van der Waals surface area contributed by atoms with Crippen LogP contribution in [0.15, 0.2) is 0 Å². The summed E-state index contributed by atoms with van der Waals surface area (Å²) in [6.07, 6.45) is 5.08. The van der Waals surface area contributed by atoms with Crippen LogP contribution in [0.1, 0.15) is 60.3 Å². The molecule has 2 aliphatic heterocycles. The summed E-state index contributed by atoms with van der Waals surface area (Å²) >= 11 is 0. The third-order valence-corrected chi connectivity index (χ3v) is 7.09. The molecule has 3 nitrogen and oxygen atoms in total. The largest absolute Gasteiger partial charge is 0.354 e. The molecule has 4 aliphatic rings. The van der Waals surface area contributed by atoms with Crippen LogP contribution in [-0.2, 0) is 9.53 Å². The van der Waals surface area contributed by atoms with Crippen LogP contribution >= 0.6 is 0 Å². The van der Waals surface area contributed by atoms with E-state index in [-0.39, 0.29) is 23.1 Å². The number of carbonyl (C=O) groups is 1. The number of hydrogen-bond donors (Lipinski definition) is 0. The van der Waals surface area contributed by atoms with Crippen LogP contribution in [0.5, 0.6) is 0 Å². The normalized spacial score (nSPS) is 50.0. The molecule has 4 rings (SSSR count). The van der Waals surface area contributed by atoms with E-state index in [1.165, 1.54) is 19.3 Å². The molecule has 118 valence electrons. The van der Waals surface area contributed by atoms with Crippen molar-refractivity contribution >= 4 is 5.91 Å². The highest BCUT2D eigenvalue weighted by Crippen LogP contribution is 2.62. The second kappa shape index (κ2) is 4.04. The quantitative estimate of drug-likeness (QED) is 0.684. The maximum absolute atomic E-state index is 12.9. The van der Waals surface area contributed by atoms with Gasteiger partial charge < -0.3 is 9.64 Å². The Morgan fingerprint density at radius 1 is 1.19 bits per heavy atom. The van der Waals surface area contributed by atoms with Gasteiger partial charge in [0.05, 0.1) is 6.10 Å². The molecule has 0 bridgehead atoms. The Kier molecular flexibility index (Phi) is 2.70. The molecule has 3 heteroatoms. The molecule has 2 heterocycles. The van der Waals surface area contributed by atoms with E-state index < -0.39 is 0 Å². The van der Waals surface area contributed by atoms with E-state index in [1.54, 1.807) is 0 Å². The summed E-state index contributed by atoms with van der Waals surface area (Å²) in [5.41, 5.74) is 0.209. The van der Waals surface area contributed by atoms with Gasteiger partial charge in [-0.25, -0.2) is 0 Å². The minimum Gasteiger partial charge on any atom is -0.354 e. The first kappa shape index (κ1) is 14.0. The van der Waals surface area contributed by atoms with Gasteiger partial charge in [-0.1, -0.05) is 27.2 Å². The van der Waals surface area contributed by atoms with Crippen LogP contribution in [0.25, 0.3) is 0 Å². The monoisotopic (exact) mass is 291 g/mol. The average molecular weight is 291 g/mol. The first-order chi connectivity index (χ1) is 9.73. The van der Waals surface area contributed by atoms with E-state index in [1.807, 2.05) is 0 Å². The van der Waals surface area contributed by atoms with Gasteiger partial charge in [0.25, 0.3) is 0 Å². The van der Waals surface area contributed by atoms with Crippen molar-refractivity contribution in [2.24, 2.45) is 29.1 Å². The molecule has 0 radical (unpaired) electrons. The van der Waals surface area contributed by atoms with Crippen LogP contribution in [0, 0.1) is 29.1 Å². The zero-order valence-electron chi connectivity index (χ0n) is 14.1. The molecule has 2 saturated carbocycles. The molecule has 4 fully saturated rings. The molecule has 0 unspecified atom stereocenters. The first-order valence-corrected chi connectivity index (χ1v) is 8.72. The summed E-state index contributed by atoms with van der Waals surface area (Å²) < 4.78 is 6.57. The van der Waals surface area contributed by atoms with Gasteiger partial charge in [0.1, 0.15) is 6.23 Å². The highest BCUT2D eigenvalue weighted by Gasteiger charge is 2.68. The maximum Gasteiger partial charge on any atom is 0.228 e. The molecule has 21 heavy (non-hydrogen) atoms. The molecule has 6 atom stereocenters. The second-order valence-electron chi connectivity index (χ2n) is 9.28. The summed E-state index contributed by atoms with van der Waals surface area (Å²) in [5, 5.41) is 0. The molecule has 2 aliphatic carbocycles. The second-order valence-corrected chi connectivity index (χ2v) is 9.28. The lowest BCUT2D eigenvalue weighted by Gasteiger charge is -2.57. The predicted molar refractivity (Wildman–Crippen MR) is 81.5 cm³/mol. The van der Waals surface area contributed by atoms with Gasteiger partial charge in [-0.3, -0.25) is 4.79 Å². The van der Waals surface area contributed by atoms with E-state index in [0.29, 0.717) is 23.8 Å². The molecule has 2 saturated heterocycles. The maximum atomic E-state index is 12.9. The number of rotatable bonds is 0. The summed E-state index contributed by atoms with van der Waals surface area (Å²) in [6, 6.07) is 0. The van der Waals surface area contributed by atoms with Crippen molar-refractivity contribution < 1.29 is 9.53 Å². The van der Waals surface area contributed by atoms with Crippen molar-refractivity contribution in [3.8, 4) is 0 Å². The molecule has 0 aromatic rings. The number of carbonyl (C=O) groups excluding carboxylic acids is 1. The fraction of sp³-hybridized carbons (Fsp3) is 0.944.